The van der Waals surface area contributed by atoms with Crippen molar-refractivity contribution in [3.05, 3.63) is 58.7 Å². The highest BCUT2D eigenvalue weighted by molar-refractivity contribution is 6.14. The average molecular weight is 507 g/mol. The molecule has 0 aromatic heterocycles. The molecule has 0 aliphatic heterocycles. The average Bonchev–Trinajstić information content (AvgIpc) is 2.87. The number of allylic oxidation sites excluding steroid dienone is 2. The molecule has 0 bridgehead atoms. The predicted molar refractivity (Wildman–Crippen MR) is 142 cm³/mol. The highest BCUT2D eigenvalue weighted by Crippen LogP contribution is 2.34. The van der Waals surface area contributed by atoms with Crippen LogP contribution in [0.3, 0.4) is 0 Å². The Labute approximate surface area is 218 Å². The minimum Gasteiger partial charge on any atom is -0.493 e. The first kappa shape index (κ1) is 27.7. The van der Waals surface area contributed by atoms with Crippen molar-refractivity contribution in [2.45, 2.75) is 47.0 Å². The lowest BCUT2D eigenvalue weighted by molar-refractivity contribution is -0.138. The van der Waals surface area contributed by atoms with Crippen LogP contribution in [0.2, 0.25) is 0 Å². The van der Waals surface area contributed by atoms with Crippen LogP contribution in [0.25, 0.3) is 12.2 Å². The number of benzene rings is 2. The SMILES string of the molecule is COc1cc(/C=C2\CCC/C(=C\c3ccc(OC(=O)C(C)C)c(OC)c3)C2=O)ccc1OC(=O)C(C)C. The molecule has 0 heterocycles. The van der Waals surface area contributed by atoms with Crippen LogP contribution < -0.4 is 18.9 Å². The fourth-order valence-electron chi connectivity index (χ4n) is 3.75. The molecule has 0 N–H and O–H groups in total. The van der Waals surface area contributed by atoms with Gasteiger partial charge in [0, 0.05) is 11.1 Å². The van der Waals surface area contributed by atoms with E-state index in [0.717, 1.165) is 17.5 Å². The first-order chi connectivity index (χ1) is 17.6. The van der Waals surface area contributed by atoms with Gasteiger partial charge in [-0.25, -0.2) is 0 Å². The summed E-state index contributed by atoms with van der Waals surface area (Å²) in [6.45, 7) is 7.05. The van der Waals surface area contributed by atoms with Crippen molar-refractivity contribution in [3.63, 3.8) is 0 Å². The Hall–Kier alpha value is -3.87. The number of Topliss-reactive ketones (excluding diaryl/α,β-unsaturated/α-hetero) is 1. The third-order valence-corrected chi connectivity index (χ3v) is 5.90. The molecule has 0 atom stereocenters. The Morgan fingerprint density at radius 2 is 1.11 bits per heavy atom. The molecule has 1 aliphatic carbocycles. The fraction of sp³-hybridized carbons (Fsp3) is 0.367. The number of ether oxygens (including phenoxy) is 4. The van der Waals surface area contributed by atoms with E-state index in [2.05, 4.69) is 0 Å². The molecule has 0 amide bonds. The summed E-state index contributed by atoms with van der Waals surface area (Å²) in [4.78, 5) is 37.2. The lowest BCUT2D eigenvalue weighted by Crippen LogP contribution is -2.15. The Morgan fingerprint density at radius 1 is 0.703 bits per heavy atom. The molecular weight excluding hydrogens is 472 g/mol. The van der Waals surface area contributed by atoms with Crippen molar-refractivity contribution in [1.29, 1.82) is 0 Å². The van der Waals surface area contributed by atoms with Gasteiger partial charge in [0.25, 0.3) is 0 Å². The number of ketones is 1. The zero-order valence-electron chi connectivity index (χ0n) is 22.3. The number of esters is 2. The van der Waals surface area contributed by atoms with Crippen LogP contribution in [0.15, 0.2) is 47.5 Å². The molecule has 1 aliphatic rings. The van der Waals surface area contributed by atoms with Gasteiger partial charge in [0.1, 0.15) is 0 Å². The molecule has 2 aromatic rings. The summed E-state index contributed by atoms with van der Waals surface area (Å²) >= 11 is 0. The van der Waals surface area contributed by atoms with Gasteiger partial charge in [-0.15, -0.1) is 0 Å². The highest BCUT2D eigenvalue weighted by atomic mass is 16.6. The minimum atomic E-state index is -0.343. The molecule has 3 rings (SSSR count). The van der Waals surface area contributed by atoms with E-state index in [4.69, 9.17) is 18.9 Å². The maximum atomic E-state index is 13.3. The molecule has 1 saturated carbocycles. The fourth-order valence-corrected chi connectivity index (χ4v) is 3.75. The summed E-state index contributed by atoms with van der Waals surface area (Å²) in [5, 5.41) is 0. The molecule has 0 spiro atoms. The topological polar surface area (TPSA) is 88.1 Å². The van der Waals surface area contributed by atoms with Crippen molar-refractivity contribution >= 4 is 29.9 Å². The maximum Gasteiger partial charge on any atom is 0.313 e. The van der Waals surface area contributed by atoms with E-state index in [0.29, 0.717) is 47.0 Å². The Kier molecular flexibility index (Phi) is 9.28. The number of carbonyl (C=O) groups excluding carboxylic acids is 3. The van der Waals surface area contributed by atoms with E-state index in [1.54, 1.807) is 64.1 Å². The van der Waals surface area contributed by atoms with Gasteiger partial charge in [-0.1, -0.05) is 39.8 Å². The Bertz CT molecular complexity index is 1140. The van der Waals surface area contributed by atoms with Crippen LogP contribution >= 0.6 is 0 Å². The second-order valence-electron chi connectivity index (χ2n) is 9.49. The van der Waals surface area contributed by atoms with Crippen LogP contribution in [0.1, 0.15) is 58.1 Å². The van der Waals surface area contributed by atoms with Gasteiger partial charge in [0.05, 0.1) is 26.1 Å². The summed E-state index contributed by atoms with van der Waals surface area (Å²) in [5.41, 5.74) is 2.95. The monoisotopic (exact) mass is 506 g/mol. The summed E-state index contributed by atoms with van der Waals surface area (Å²) < 4.78 is 21.6. The van der Waals surface area contributed by atoms with Crippen LogP contribution in [0.5, 0.6) is 23.0 Å². The molecular formula is C30H34O7. The maximum absolute atomic E-state index is 13.3. The highest BCUT2D eigenvalue weighted by Gasteiger charge is 2.22. The van der Waals surface area contributed by atoms with E-state index in [9.17, 15) is 14.4 Å². The van der Waals surface area contributed by atoms with Crippen molar-refractivity contribution in [2.24, 2.45) is 11.8 Å². The largest absolute Gasteiger partial charge is 0.493 e. The number of rotatable bonds is 8. The van der Waals surface area contributed by atoms with Crippen molar-refractivity contribution in [2.75, 3.05) is 14.2 Å². The molecule has 196 valence electrons. The Morgan fingerprint density at radius 3 is 1.46 bits per heavy atom. The van der Waals surface area contributed by atoms with Crippen LogP contribution in [-0.2, 0) is 14.4 Å². The van der Waals surface area contributed by atoms with Gasteiger partial charge < -0.3 is 18.9 Å². The zero-order valence-corrected chi connectivity index (χ0v) is 22.3. The van der Waals surface area contributed by atoms with Gasteiger partial charge >= 0.3 is 11.9 Å². The van der Waals surface area contributed by atoms with Gasteiger partial charge in [-0.2, -0.15) is 0 Å². The van der Waals surface area contributed by atoms with Crippen LogP contribution in [0.4, 0.5) is 0 Å². The zero-order chi connectivity index (χ0) is 27.1. The van der Waals surface area contributed by atoms with E-state index < -0.39 is 0 Å². The van der Waals surface area contributed by atoms with E-state index in [-0.39, 0.29) is 29.6 Å². The predicted octanol–water partition coefficient (Wildman–Crippen LogP) is 6.05. The minimum absolute atomic E-state index is 0.0187. The summed E-state index contributed by atoms with van der Waals surface area (Å²) in [6.07, 6.45) is 5.86. The van der Waals surface area contributed by atoms with Gasteiger partial charge in [0.15, 0.2) is 28.8 Å². The molecule has 37 heavy (non-hydrogen) atoms. The van der Waals surface area contributed by atoms with Crippen molar-refractivity contribution in [3.8, 4) is 23.0 Å². The normalized spacial score (nSPS) is 15.8. The first-order valence-corrected chi connectivity index (χ1v) is 12.4. The number of carbonyl (C=O) groups is 3. The smallest absolute Gasteiger partial charge is 0.313 e. The number of methoxy groups -OCH3 is 2. The Balaban J connectivity index is 1.83. The lowest BCUT2D eigenvalue weighted by atomic mass is 9.87. The molecule has 7 heteroatoms. The van der Waals surface area contributed by atoms with Gasteiger partial charge in [-0.05, 0) is 66.8 Å². The number of hydrogen-bond donors (Lipinski definition) is 0. The van der Waals surface area contributed by atoms with Gasteiger partial charge in [0.2, 0.25) is 0 Å². The first-order valence-electron chi connectivity index (χ1n) is 12.4. The van der Waals surface area contributed by atoms with Gasteiger partial charge in [-0.3, -0.25) is 14.4 Å². The summed E-state index contributed by atoms with van der Waals surface area (Å²) in [7, 11) is 3.02. The van der Waals surface area contributed by atoms with Crippen molar-refractivity contribution in [1.82, 2.24) is 0 Å². The third-order valence-electron chi connectivity index (χ3n) is 5.90. The number of hydrogen-bond acceptors (Lipinski definition) is 7. The molecule has 2 aromatic carbocycles. The lowest BCUT2D eigenvalue weighted by Gasteiger charge is -2.17. The molecule has 7 nitrogen and oxygen atoms in total. The molecule has 0 radical (unpaired) electrons. The standard InChI is InChI=1S/C30H34O7/c1-18(2)29(32)36-24-12-10-20(16-26(24)34-5)14-22-8-7-9-23(28(22)31)15-21-11-13-25(27(17-21)35-6)37-30(33)19(3)4/h10-19H,7-9H2,1-6H3/b22-14+,23-15+. The van der Waals surface area contributed by atoms with E-state index in [1.807, 2.05) is 12.2 Å². The van der Waals surface area contributed by atoms with Crippen LogP contribution in [-0.4, -0.2) is 31.9 Å². The third kappa shape index (κ3) is 7.09. The molecule has 0 unspecified atom stereocenters. The van der Waals surface area contributed by atoms with Crippen molar-refractivity contribution < 1.29 is 33.3 Å². The molecule has 0 saturated heterocycles. The quantitative estimate of drug-likeness (QED) is 0.245. The second kappa shape index (κ2) is 12.4. The summed E-state index contributed by atoms with van der Waals surface area (Å²) in [6, 6.07) is 10.5. The van der Waals surface area contributed by atoms with Crippen LogP contribution in [0, 0.1) is 11.8 Å². The summed E-state index contributed by atoms with van der Waals surface area (Å²) in [5.74, 6) is 0.306. The molecule has 1 fully saturated rings. The van der Waals surface area contributed by atoms with E-state index in [1.165, 1.54) is 14.2 Å². The van der Waals surface area contributed by atoms with E-state index >= 15 is 0 Å². The second-order valence-corrected chi connectivity index (χ2v) is 9.49.